The summed E-state index contributed by atoms with van der Waals surface area (Å²) < 4.78 is 32.7. The number of hydrogen-bond donors (Lipinski definition) is 2. The van der Waals surface area contributed by atoms with Gasteiger partial charge in [-0.1, -0.05) is 0 Å². The van der Waals surface area contributed by atoms with Crippen LogP contribution in [0.2, 0.25) is 0 Å². The Morgan fingerprint density at radius 1 is 1.07 bits per heavy atom. The van der Waals surface area contributed by atoms with E-state index in [-0.39, 0.29) is 22.5 Å². The minimum absolute atomic E-state index is 0.0242. The molecule has 0 unspecified atom stereocenters. The highest BCUT2D eigenvalue weighted by molar-refractivity contribution is 6.07. The van der Waals surface area contributed by atoms with Crippen molar-refractivity contribution in [3.8, 4) is 0 Å². The quantitative estimate of drug-likeness (QED) is 0.560. The zero-order chi connectivity index (χ0) is 21.9. The van der Waals surface area contributed by atoms with E-state index in [4.69, 9.17) is 4.74 Å². The van der Waals surface area contributed by atoms with Crippen LogP contribution in [-0.4, -0.2) is 22.5 Å². The van der Waals surface area contributed by atoms with Crippen molar-refractivity contribution < 1.29 is 28.0 Å². The highest BCUT2D eigenvalue weighted by Gasteiger charge is 2.21. The Morgan fingerprint density at radius 2 is 1.72 bits per heavy atom. The van der Waals surface area contributed by atoms with Gasteiger partial charge in [0, 0.05) is 11.6 Å². The van der Waals surface area contributed by atoms with E-state index in [1.54, 1.807) is 20.8 Å². The van der Waals surface area contributed by atoms with Gasteiger partial charge in [-0.25, -0.2) is 13.6 Å². The molecule has 0 atom stereocenters. The molecule has 2 aromatic rings. The first kappa shape index (κ1) is 21.7. The van der Waals surface area contributed by atoms with Crippen molar-refractivity contribution >= 4 is 29.1 Å². The van der Waals surface area contributed by atoms with Crippen LogP contribution < -0.4 is 10.6 Å². The number of nitro groups is 1. The average molecular weight is 407 g/mol. The Hall–Kier alpha value is -3.56. The SMILES string of the molecule is Cc1c(F)cc(C(=O)Nc2cc(F)ccc2NC(=O)OC(C)(C)C)cc1[N+](=O)[O-]. The third-order valence-electron chi connectivity index (χ3n) is 3.64. The number of ether oxygens (including phenoxy) is 1. The molecule has 0 aliphatic heterocycles. The molecule has 0 aliphatic carbocycles. The van der Waals surface area contributed by atoms with Gasteiger partial charge in [0.15, 0.2) is 0 Å². The zero-order valence-electron chi connectivity index (χ0n) is 16.1. The Morgan fingerprint density at radius 3 is 2.31 bits per heavy atom. The van der Waals surface area contributed by atoms with E-state index in [0.29, 0.717) is 0 Å². The fraction of sp³-hybridized carbons (Fsp3) is 0.263. The van der Waals surface area contributed by atoms with E-state index < -0.39 is 39.8 Å². The van der Waals surface area contributed by atoms with E-state index in [0.717, 1.165) is 24.3 Å². The molecule has 2 aromatic carbocycles. The second-order valence-electron chi connectivity index (χ2n) is 7.13. The van der Waals surface area contributed by atoms with Crippen molar-refractivity contribution in [3.63, 3.8) is 0 Å². The number of nitrogens with zero attached hydrogens (tertiary/aromatic N) is 1. The van der Waals surface area contributed by atoms with Gasteiger partial charge in [0.2, 0.25) is 0 Å². The molecule has 154 valence electrons. The first-order chi connectivity index (χ1) is 13.4. The van der Waals surface area contributed by atoms with Crippen LogP contribution in [0, 0.1) is 28.7 Å². The number of anilines is 2. The molecule has 10 heteroatoms. The summed E-state index contributed by atoms with van der Waals surface area (Å²) in [5, 5.41) is 15.7. The molecule has 0 spiro atoms. The summed E-state index contributed by atoms with van der Waals surface area (Å²) in [5.41, 5.74) is -2.02. The maximum Gasteiger partial charge on any atom is 0.412 e. The molecular formula is C19H19F2N3O5. The Labute approximate surface area is 165 Å². The number of rotatable bonds is 4. The second-order valence-corrected chi connectivity index (χ2v) is 7.13. The van der Waals surface area contributed by atoms with Gasteiger partial charge in [0.1, 0.15) is 17.2 Å². The predicted molar refractivity (Wildman–Crippen MR) is 102 cm³/mol. The summed E-state index contributed by atoms with van der Waals surface area (Å²) >= 11 is 0. The van der Waals surface area contributed by atoms with Gasteiger partial charge in [-0.05, 0) is 52.0 Å². The predicted octanol–water partition coefficient (Wildman–Crippen LogP) is 4.78. The molecule has 0 saturated carbocycles. The fourth-order valence-electron chi connectivity index (χ4n) is 2.32. The number of benzene rings is 2. The molecular weight excluding hydrogens is 388 g/mol. The molecule has 29 heavy (non-hydrogen) atoms. The summed E-state index contributed by atoms with van der Waals surface area (Å²) in [6.07, 6.45) is -0.836. The van der Waals surface area contributed by atoms with Gasteiger partial charge in [-0.15, -0.1) is 0 Å². The van der Waals surface area contributed by atoms with E-state index >= 15 is 0 Å². The number of carbonyl (C=O) groups is 2. The van der Waals surface area contributed by atoms with E-state index in [9.17, 15) is 28.5 Å². The lowest BCUT2D eigenvalue weighted by atomic mass is 10.1. The van der Waals surface area contributed by atoms with Gasteiger partial charge < -0.3 is 10.1 Å². The number of nitro benzene ring substituents is 1. The van der Waals surface area contributed by atoms with Gasteiger partial charge in [0.05, 0.1) is 21.9 Å². The largest absolute Gasteiger partial charge is 0.444 e. The van der Waals surface area contributed by atoms with Crippen LogP contribution in [0.1, 0.15) is 36.7 Å². The van der Waals surface area contributed by atoms with Crippen molar-refractivity contribution in [1.29, 1.82) is 0 Å². The molecule has 0 aromatic heterocycles. The molecule has 0 radical (unpaired) electrons. The molecule has 0 fully saturated rings. The zero-order valence-corrected chi connectivity index (χ0v) is 16.1. The summed E-state index contributed by atoms with van der Waals surface area (Å²) in [7, 11) is 0. The fourth-order valence-corrected chi connectivity index (χ4v) is 2.32. The Bertz CT molecular complexity index is 987. The highest BCUT2D eigenvalue weighted by Crippen LogP contribution is 2.27. The smallest absolute Gasteiger partial charge is 0.412 e. The molecule has 8 nitrogen and oxygen atoms in total. The third-order valence-corrected chi connectivity index (χ3v) is 3.64. The van der Waals surface area contributed by atoms with Crippen LogP contribution in [-0.2, 0) is 4.74 Å². The second kappa shape index (κ2) is 8.21. The number of hydrogen-bond acceptors (Lipinski definition) is 5. The van der Waals surface area contributed by atoms with Gasteiger partial charge >= 0.3 is 6.09 Å². The molecule has 2 rings (SSSR count). The van der Waals surface area contributed by atoms with Gasteiger partial charge in [-0.3, -0.25) is 20.2 Å². The van der Waals surface area contributed by atoms with Crippen LogP contribution in [0.25, 0.3) is 0 Å². The number of halogens is 2. The topological polar surface area (TPSA) is 111 Å². The molecule has 0 aliphatic rings. The average Bonchev–Trinajstić information content (AvgIpc) is 2.57. The minimum Gasteiger partial charge on any atom is -0.444 e. The third kappa shape index (κ3) is 5.71. The maximum atomic E-state index is 14.0. The van der Waals surface area contributed by atoms with Crippen molar-refractivity contribution in [2.24, 2.45) is 0 Å². The number of nitrogens with one attached hydrogen (secondary N) is 2. The molecule has 0 saturated heterocycles. The lowest BCUT2D eigenvalue weighted by Crippen LogP contribution is -2.27. The minimum atomic E-state index is -0.935. The molecule has 0 heterocycles. The lowest BCUT2D eigenvalue weighted by Gasteiger charge is -2.20. The summed E-state index contributed by atoms with van der Waals surface area (Å²) in [5.74, 6) is -2.57. The van der Waals surface area contributed by atoms with Crippen LogP contribution in [0.15, 0.2) is 30.3 Å². The summed E-state index contributed by atoms with van der Waals surface area (Å²) in [6.45, 7) is 6.17. The van der Waals surface area contributed by atoms with Gasteiger partial charge in [-0.2, -0.15) is 0 Å². The normalized spacial score (nSPS) is 11.0. The van der Waals surface area contributed by atoms with Crippen molar-refractivity contribution in [2.45, 2.75) is 33.3 Å². The summed E-state index contributed by atoms with van der Waals surface area (Å²) in [6, 6.07) is 4.93. The van der Waals surface area contributed by atoms with E-state index in [2.05, 4.69) is 10.6 Å². The Balaban J connectivity index is 2.32. The number of carbonyl (C=O) groups excluding carboxylic acids is 2. The van der Waals surface area contributed by atoms with E-state index in [1.807, 2.05) is 0 Å². The first-order valence-corrected chi connectivity index (χ1v) is 8.43. The van der Waals surface area contributed by atoms with Crippen molar-refractivity contribution in [1.82, 2.24) is 0 Å². The summed E-state index contributed by atoms with van der Waals surface area (Å²) in [4.78, 5) is 34.6. The molecule has 2 N–H and O–H groups in total. The first-order valence-electron chi connectivity index (χ1n) is 8.43. The van der Waals surface area contributed by atoms with Crippen LogP contribution >= 0.6 is 0 Å². The van der Waals surface area contributed by atoms with E-state index in [1.165, 1.54) is 13.0 Å². The highest BCUT2D eigenvalue weighted by atomic mass is 19.1. The Kier molecular flexibility index (Phi) is 6.15. The van der Waals surface area contributed by atoms with Crippen LogP contribution in [0.5, 0.6) is 0 Å². The van der Waals surface area contributed by atoms with Gasteiger partial charge in [0.25, 0.3) is 11.6 Å². The number of amides is 2. The van der Waals surface area contributed by atoms with Crippen molar-refractivity contribution in [2.75, 3.05) is 10.6 Å². The lowest BCUT2D eigenvalue weighted by molar-refractivity contribution is -0.385. The molecule has 0 bridgehead atoms. The monoisotopic (exact) mass is 407 g/mol. The van der Waals surface area contributed by atoms with Crippen LogP contribution in [0.4, 0.5) is 30.6 Å². The van der Waals surface area contributed by atoms with Crippen molar-refractivity contribution in [3.05, 3.63) is 63.2 Å². The standard InChI is InChI=1S/C19H19F2N3O5/c1-10-13(21)7-11(8-16(10)24(27)28)17(25)22-15-9-12(20)5-6-14(15)23-18(26)29-19(2,3)4/h5-9H,1-4H3,(H,22,25)(H,23,26). The van der Waals surface area contributed by atoms with Crippen LogP contribution in [0.3, 0.4) is 0 Å². The molecule has 2 amide bonds. The maximum absolute atomic E-state index is 14.0.